The Kier molecular flexibility index (Phi) is 3.08. The smallest absolute Gasteiger partial charge is 0.295 e. The van der Waals surface area contributed by atoms with Crippen LogP contribution in [-0.2, 0) is 4.57 Å². The van der Waals surface area contributed by atoms with Crippen molar-refractivity contribution in [1.29, 1.82) is 0 Å². The molecule has 0 amide bonds. The zero-order chi connectivity index (χ0) is 10.3. The molecule has 1 aliphatic rings. The van der Waals surface area contributed by atoms with E-state index >= 15 is 0 Å². The van der Waals surface area contributed by atoms with Crippen LogP contribution in [0.1, 0.15) is 27.7 Å². The molecule has 0 saturated carbocycles. The average molecular weight is 222 g/mol. The highest BCUT2D eigenvalue weighted by atomic mass is 32.2. The molecule has 0 bridgehead atoms. The third kappa shape index (κ3) is 2.91. The molecule has 2 atom stereocenters. The summed E-state index contributed by atoms with van der Waals surface area (Å²) in [4.78, 5) is 8.89. The van der Waals surface area contributed by atoms with Crippen molar-refractivity contribution < 1.29 is 9.46 Å². The lowest BCUT2D eigenvalue weighted by Gasteiger charge is -2.21. The van der Waals surface area contributed by atoms with Crippen LogP contribution < -0.4 is 5.32 Å². The summed E-state index contributed by atoms with van der Waals surface area (Å²) in [6.07, 6.45) is 0.346. The number of hydrogen-bond acceptors (Lipinski definition) is 3. The van der Waals surface area contributed by atoms with Gasteiger partial charge in [0.25, 0.3) is 0 Å². The molecule has 1 aliphatic heterocycles. The highest BCUT2D eigenvalue weighted by Gasteiger charge is 2.48. The molecule has 2 unspecified atom stereocenters. The maximum atomic E-state index is 10.8. The first-order valence-corrected chi connectivity index (χ1v) is 6.56. The van der Waals surface area contributed by atoms with Gasteiger partial charge in [0.05, 0.1) is 10.9 Å². The van der Waals surface area contributed by atoms with Crippen LogP contribution in [0.4, 0.5) is 0 Å². The average Bonchev–Trinajstić information content (AvgIpc) is 1.98. The molecule has 13 heavy (non-hydrogen) atoms. The van der Waals surface area contributed by atoms with Crippen LogP contribution in [0.3, 0.4) is 0 Å². The van der Waals surface area contributed by atoms with Crippen molar-refractivity contribution in [2.45, 2.75) is 43.4 Å². The van der Waals surface area contributed by atoms with Gasteiger partial charge in [0.15, 0.2) is 6.16 Å². The van der Waals surface area contributed by atoms with Gasteiger partial charge >= 0.3 is 8.03 Å². The van der Waals surface area contributed by atoms with Gasteiger partial charge in [-0.2, -0.15) is 4.89 Å². The van der Waals surface area contributed by atoms with E-state index in [9.17, 15) is 4.57 Å². The van der Waals surface area contributed by atoms with Gasteiger partial charge < -0.3 is 0 Å². The van der Waals surface area contributed by atoms with E-state index < -0.39 is 8.03 Å². The van der Waals surface area contributed by atoms with Crippen molar-refractivity contribution in [3.8, 4) is 0 Å². The molecular weight excluding hydrogens is 205 g/mol. The quantitative estimate of drug-likeness (QED) is 0.701. The van der Waals surface area contributed by atoms with Crippen molar-refractivity contribution in [3.63, 3.8) is 0 Å². The van der Waals surface area contributed by atoms with E-state index in [4.69, 9.17) is 4.89 Å². The summed E-state index contributed by atoms with van der Waals surface area (Å²) in [7, 11) is -2.04. The van der Waals surface area contributed by atoms with Gasteiger partial charge in [-0.3, -0.25) is 5.32 Å². The summed E-state index contributed by atoms with van der Waals surface area (Å²) in [5.41, 5.74) is 0. The van der Waals surface area contributed by atoms with Crippen LogP contribution in [0.2, 0.25) is 0 Å². The van der Waals surface area contributed by atoms with Crippen LogP contribution in [0, 0.1) is 0 Å². The van der Waals surface area contributed by atoms with E-state index in [1.165, 1.54) is 0 Å². The molecular formula is C8H17NO2PS+. The molecule has 1 fully saturated rings. The molecule has 2 N–H and O–H groups in total. The summed E-state index contributed by atoms with van der Waals surface area (Å²) < 4.78 is 10.8. The van der Waals surface area contributed by atoms with E-state index in [0.717, 1.165) is 0 Å². The molecule has 0 spiro atoms. The van der Waals surface area contributed by atoms with Gasteiger partial charge in [-0.05, 0) is 32.3 Å². The van der Waals surface area contributed by atoms with E-state index in [2.05, 4.69) is 33.0 Å². The molecule has 0 aromatic carbocycles. The lowest BCUT2D eigenvalue weighted by atomic mass is 10.1. The van der Waals surface area contributed by atoms with E-state index in [1.807, 2.05) is 11.8 Å². The summed E-state index contributed by atoms with van der Waals surface area (Å²) >= 11 is 1.82. The number of rotatable bonds is 2. The zero-order valence-electron chi connectivity index (χ0n) is 8.50. The fourth-order valence-electron chi connectivity index (χ4n) is 1.77. The van der Waals surface area contributed by atoms with Crippen molar-refractivity contribution >= 4 is 19.8 Å². The number of hydrogen-bond donors (Lipinski definition) is 2. The maximum absolute atomic E-state index is 10.8. The van der Waals surface area contributed by atoms with Crippen molar-refractivity contribution in [2.24, 2.45) is 0 Å². The fraction of sp³-hybridized carbons (Fsp3) is 1.00. The number of thioether (sulfide) groups is 1. The van der Waals surface area contributed by atoms with Crippen molar-refractivity contribution in [1.82, 2.24) is 5.32 Å². The highest BCUT2D eigenvalue weighted by Crippen LogP contribution is 2.45. The first-order valence-electron chi connectivity index (χ1n) is 4.34. The van der Waals surface area contributed by atoms with Crippen LogP contribution >= 0.6 is 19.8 Å². The summed E-state index contributed by atoms with van der Waals surface area (Å²) in [6.45, 7) is 8.43. The Morgan fingerprint density at radius 1 is 1.46 bits per heavy atom. The van der Waals surface area contributed by atoms with Crippen molar-refractivity contribution in [2.75, 3.05) is 6.16 Å². The van der Waals surface area contributed by atoms with Gasteiger partial charge in [0.1, 0.15) is 0 Å². The first kappa shape index (κ1) is 11.4. The second kappa shape index (κ2) is 3.50. The molecule has 0 aromatic rings. The number of nitrogens with one attached hydrogen (secondary N) is 1. The second-order valence-electron chi connectivity index (χ2n) is 4.45. The minimum absolute atomic E-state index is 0.0134. The van der Waals surface area contributed by atoms with Gasteiger partial charge in [0.2, 0.25) is 0 Å². The van der Waals surface area contributed by atoms with E-state index in [1.54, 1.807) is 0 Å². The molecule has 0 aliphatic carbocycles. The minimum atomic E-state index is -2.04. The Balaban J connectivity index is 2.70. The maximum Gasteiger partial charge on any atom is 0.507 e. The molecule has 1 heterocycles. The SMILES string of the molecule is CC1(C)NC(C[P+](=O)O)C(C)(C)S1. The van der Waals surface area contributed by atoms with Crippen LogP contribution in [0.5, 0.6) is 0 Å². The molecule has 5 heteroatoms. The Morgan fingerprint density at radius 3 is 2.31 bits per heavy atom. The monoisotopic (exact) mass is 222 g/mol. The predicted octanol–water partition coefficient (Wildman–Crippen LogP) is 1.94. The van der Waals surface area contributed by atoms with Gasteiger partial charge in [-0.15, -0.1) is 11.8 Å². The molecule has 1 saturated heterocycles. The van der Waals surface area contributed by atoms with E-state index in [-0.39, 0.29) is 15.7 Å². The van der Waals surface area contributed by atoms with Crippen LogP contribution in [0.15, 0.2) is 0 Å². The molecule has 0 radical (unpaired) electrons. The van der Waals surface area contributed by atoms with Crippen molar-refractivity contribution in [3.05, 3.63) is 0 Å². The minimum Gasteiger partial charge on any atom is -0.295 e. The predicted molar refractivity (Wildman–Crippen MR) is 57.4 cm³/mol. The Morgan fingerprint density at radius 2 is 2.00 bits per heavy atom. The van der Waals surface area contributed by atoms with Gasteiger partial charge in [0, 0.05) is 4.75 Å². The fourth-order valence-corrected chi connectivity index (χ4v) is 4.56. The summed E-state index contributed by atoms with van der Waals surface area (Å²) in [6, 6.07) is 0.126. The Bertz CT molecular complexity index is 230. The zero-order valence-corrected chi connectivity index (χ0v) is 10.2. The second-order valence-corrected chi connectivity index (χ2v) is 7.79. The molecule has 0 aromatic heterocycles. The van der Waals surface area contributed by atoms with Crippen LogP contribution in [0.25, 0.3) is 0 Å². The molecule has 1 rings (SSSR count). The van der Waals surface area contributed by atoms with E-state index in [0.29, 0.717) is 6.16 Å². The Labute approximate surface area is 84.5 Å². The normalized spacial score (nSPS) is 31.8. The molecule has 76 valence electrons. The van der Waals surface area contributed by atoms with Gasteiger partial charge in [-0.1, -0.05) is 0 Å². The first-order chi connectivity index (χ1) is 5.73. The topological polar surface area (TPSA) is 49.3 Å². The standard InChI is InChI=1S/C8H16NO2PS/c1-7(2)6(5-12(10)11)9-8(3,4)13-7/h6,9H,5H2,1-4H3/p+1. The summed E-state index contributed by atoms with van der Waals surface area (Å²) in [5, 5.41) is 3.37. The summed E-state index contributed by atoms with van der Waals surface area (Å²) in [5.74, 6) is 0. The highest BCUT2D eigenvalue weighted by molar-refractivity contribution is 8.02. The third-order valence-electron chi connectivity index (χ3n) is 2.22. The molecule has 3 nitrogen and oxygen atoms in total. The lowest BCUT2D eigenvalue weighted by Crippen LogP contribution is -2.42. The third-order valence-corrected chi connectivity index (χ3v) is 4.33. The largest absolute Gasteiger partial charge is 0.507 e. The van der Waals surface area contributed by atoms with Crippen LogP contribution in [-0.4, -0.2) is 26.7 Å². The lowest BCUT2D eigenvalue weighted by molar-refractivity contribution is 0.431. The Hall–Kier alpha value is 0.370. The van der Waals surface area contributed by atoms with Gasteiger partial charge in [-0.25, -0.2) is 0 Å².